The maximum atomic E-state index is 13.0. The normalized spacial score (nSPS) is 21.2. The van der Waals surface area contributed by atoms with E-state index in [2.05, 4.69) is 20.3 Å². The fourth-order valence-corrected chi connectivity index (χ4v) is 4.19. The number of rotatable bonds is 7. The van der Waals surface area contributed by atoms with Crippen molar-refractivity contribution in [3.63, 3.8) is 0 Å². The van der Waals surface area contributed by atoms with Crippen molar-refractivity contribution in [3.8, 4) is 5.88 Å². The molecule has 2 aromatic heterocycles. The Morgan fingerprint density at radius 3 is 2.69 bits per heavy atom. The van der Waals surface area contributed by atoms with Gasteiger partial charge in [0.15, 0.2) is 5.82 Å². The molecule has 2 aliphatic heterocycles. The number of hydrogen-bond acceptors (Lipinski definition) is 8. The summed E-state index contributed by atoms with van der Waals surface area (Å²) in [6, 6.07) is 1.56. The molecule has 5 rings (SSSR count). The van der Waals surface area contributed by atoms with E-state index in [0.29, 0.717) is 42.3 Å². The molecule has 1 N–H and O–H groups in total. The molecule has 2 atom stereocenters. The molecular weight excluding hydrogens is 486 g/mol. The Morgan fingerprint density at radius 2 is 2.03 bits per heavy atom. The van der Waals surface area contributed by atoms with Crippen LogP contribution in [0, 0.1) is 6.92 Å². The monoisotopic (exact) mass is 511 g/mol. The predicted octanol–water partition coefficient (Wildman–Crippen LogP) is 3.08. The van der Waals surface area contributed by atoms with Crippen LogP contribution >= 0.6 is 11.6 Å². The second-order valence-corrected chi connectivity index (χ2v) is 9.26. The highest BCUT2D eigenvalue weighted by Crippen LogP contribution is 2.30. The zero-order chi connectivity index (χ0) is 25.1. The topological polar surface area (TPSA) is 116 Å². The van der Waals surface area contributed by atoms with Gasteiger partial charge in [-0.05, 0) is 31.6 Å². The molecule has 2 fully saturated rings. The van der Waals surface area contributed by atoms with Crippen molar-refractivity contribution in [1.82, 2.24) is 19.9 Å². The summed E-state index contributed by atoms with van der Waals surface area (Å²) in [4.78, 5) is 39.8. The Hall–Kier alpha value is -3.50. The molecule has 36 heavy (non-hydrogen) atoms. The van der Waals surface area contributed by atoms with Crippen LogP contribution in [0.3, 0.4) is 0 Å². The van der Waals surface area contributed by atoms with E-state index in [4.69, 9.17) is 25.8 Å². The van der Waals surface area contributed by atoms with Gasteiger partial charge in [0.1, 0.15) is 23.0 Å². The number of aromatic nitrogens is 3. The number of carbonyl (C=O) groups excluding carboxylic acids is 2. The van der Waals surface area contributed by atoms with Gasteiger partial charge in [0.25, 0.3) is 11.8 Å². The van der Waals surface area contributed by atoms with E-state index in [-0.39, 0.29) is 28.8 Å². The van der Waals surface area contributed by atoms with Crippen LogP contribution in [0.5, 0.6) is 5.88 Å². The summed E-state index contributed by atoms with van der Waals surface area (Å²) in [5.41, 5.74) is 1.51. The Kier molecular flexibility index (Phi) is 7.15. The second kappa shape index (κ2) is 10.6. The van der Waals surface area contributed by atoms with Crippen LogP contribution in [0.15, 0.2) is 48.1 Å². The summed E-state index contributed by atoms with van der Waals surface area (Å²) in [5.74, 6) is 0.628. The lowest BCUT2D eigenvalue weighted by atomic mass is 10.0. The maximum Gasteiger partial charge on any atom is 0.256 e. The number of nitrogens with zero attached hydrogens (tertiary/aromatic N) is 4. The van der Waals surface area contributed by atoms with Gasteiger partial charge in [0.05, 0.1) is 36.9 Å². The average molecular weight is 512 g/mol. The van der Waals surface area contributed by atoms with E-state index in [1.807, 2.05) is 6.92 Å². The number of halogens is 1. The molecule has 2 amide bonds. The first kappa shape index (κ1) is 24.2. The largest absolute Gasteiger partial charge is 0.492 e. The van der Waals surface area contributed by atoms with Gasteiger partial charge in [-0.15, -0.1) is 0 Å². The number of aryl methyl sites for hydroxylation is 1. The third kappa shape index (κ3) is 5.66. The zero-order valence-corrected chi connectivity index (χ0v) is 20.5. The first-order valence-electron chi connectivity index (χ1n) is 11.8. The van der Waals surface area contributed by atoms with E-state index in [1.165, 1.54) is 12.4 Å². The van der Waals surface area contributed by atoms with Crippen LogP contribution in [0.2, 0.25) is 5.02 Å². The summed E-state index contributed by atoms with van der Waals surface area (Å²) in [5, 5.41) is 2.96. The molecule has 0 aromatic carbocycles. The molecule has 1 unspecified atom stereocenters. The van der Waals surface area contributed by atoms with Crippen molar-refractivity contribution >= 4 is 29.2 Å². The molecule has 188 valence electrons. The number of nitrogens with one attached hydrogen (secondary N) is 1. The van der Waals surface area contributed by atoms with Crippen LogP contribution in [-0.4, -0.2) is 70.2 Å². The molecule has 0 bridgehead atoms. The number of likely N-dealkylation sites (tertiary alicyclic amines) is 1. The Labute approximate surface area is 213 Å². The molecule has 10 nitrogen and oxygen atoms in total. The molecule has 11 heteroatoms. The van der Waals surface area contributed by atoms with Gasteiger partial charge in [0.2, 0.25) is 5.88 Å². The fraction of sp³-hybridized carbons (Fsp3) is 0.400. The summed E-state index contributed by atoms with van der Waals surface area (Å²) in [7, 11) is 0. The third-order valence-corrected chi connectivity index (χ3v) is 6.31. The number of ether oxygens (including phenoxy) is 3. The van der Waals surface area contributed by atoms with Crippen molar-refractivity contribution in [1.29, 1.82) is 0 Å². The van der Waals surface area contributed by atoms with Crippen LogP contribution in [-0.2, 0) is 14.3 Å². The lowest BCUT2D eigenvalue weighted by Crippen LogP contribution is -2.42. The molecular formula is C25H26ClN5O5. The number of anilines is 1. The molecule has 4 heterocycles. The van der Waals surface area contributed by atoms with Gasteiger partial charge >= 0.3 is 0 Å². The van der Waals surface area contributed by atoms with E-state index in [1.54, 1.807) is 29.3 Å². The van der Waals surface area contributed by atoms with Crippen LogP contribution in [0.1, 0.15) is 35.3 Å². The van der Waals surface area contributed by atoms with E-state index in [9.17, 15) is 9.59 Å². The minimum Gasteiger partial charge on any atom is -0.492 e. The van der Waals surface area contributed by atoms with Crippen molar-refractivity contribution in [2.75, 3.05) is 31.6 Å². The number of pyridine rings is 1. The van der Waals surface area contributed by atoms with E-state index >= 15 is 0 Å². The summed E-state index contributed by atoms with van der Waals surface area (Å²) in [6.07, 6.45) is 9.40. The van der Waals surface area contributed by atoms with Crippen molar-refractivity contribution in [2.24, 2.45) is 0 Å². The number of carbonyl (C=O) groups is 2. The summed E-state index contributed by atoms with van der Waals surface area (Å²) < 4.78 is 17.6. The molecule has 0 radical (unpaired) electrons. The first-order valence-corrected chi connectivity index (χ1v) is 12.2. The Bertz CT molecular complexity index is 1210. The van der Waals surface area contributed by atoms with Crippen LogP contribution < -0.4 is 10.1 Å². The fourth-order valence-electron chi connectivity index (χ4n) is 3.98. The molecule has 1 aliphatic carbocycles. The minimum atomic E-state index is -0.570. The van der Waals surface area contributed by atoms with Crippen LogP contribution in [0.4, 0.5) is 5.82 Å². The lowest BCUT2D eigenvalue weighted by molar-refractivity contribution is -0.112. The smallest absolute Gasteiger partial charge is 0.256 e. The molecule has 2 saturated heterocycles. The van der Waals surface area contributed by atoms with E-state index < -0.39 is 6.10 Å². The van der Waals surface area contributed by atoms with Crippen LogP contribution in [0.25, 0.3) is 0 Å². The number of hydrogen-bond donors (Lipinski definition) is 1. The maximum absolute atomic E-state index is 13.0. The van der Waals surface area contributed by atoms with Crippen molar-refractivity contribution in [2.45, 2.75) is 38.4 Å². The number of amides is 2. The predicted molar refractivity (Wildman–Crippen MR) is 131 cm³/mol. The quantitative estimate of drug-likeness (QED) is 0.603. The summed E-state index contributed by atoms with van der Waals surface area (Å²) in [6.45, 7) is 4.42. The Balaban J connectivity index is 1.33. The highest BCUT2D eigenvalue weighted by molar-refractivity contribution is 6.32. The van der Waals surface area contributed by atoms with E-state index in [0.717, 1.165) is 31.6 Å². The average Bonchev–Trinajstić information content (AvgIpc) is 3.33. The molecule has 3 aliphatic rings. The lowest BCUT2D eigenvalue weighted by Gasteiger charge is -2.30. The van der Waals surface area contributed by atoms with Gasteiger partial charge in [-0.25, -0.2) is 9.97 Å². The highest BCUT2D eigenvalue weighted by Gasteiger charge is 2.27. The Morgan fingerprint density at radius 1 is 1.17 bits per heavy atom. The standard InChI is InChI=1S/C25H26ClN5O5/c1-15-11-28-22(13-27-15)30-23(32)16-7-19(35-18-3-6-34-14-18)10-20(8-16)36-24-21(26)9-17(12-29-24)25(33)31-4-2-5-31/h7-9,11-13,18,20H,2-6,10,14H2,1H3,(H,28,30,32)/t18-,20?/m0/s1. The molecule has 0 saturated carbocycles. The summed E-state index contributed by atoms with van der Waals surface area (Å²) >= 11 is 6.42. The van der Waals surface area contributed by atoms with Gasteiger partial charge in [-0.3, -0.25) is 14.6 Å². The van der Waals surface area contributed by atoms with Gasteiger partial charge < -0.3 is 24.4 Å². The van der Waals surface area contributed by atoms with Gasteiger partial charge in [-0.1, -0.05) is 11.6 Å². The van der Waals surface area contributed by atoms with Crippen molar-refractivity contribution < 1.29 is 23.8 Å². The molecule has 2 aromatic rings. The zero-order valence-electron chi connectivity index (χ0n) is 19.8. The minimum absolute atomic E-state index is 0.0872. The van der Waals surface area contributed by atoms with Crippen molar-refractivity contribution in [3.05, 3.63) is 64.4 Å². The highest BCUT2D eigenvalue weighted by atomic mass is 35.5. The SMILES string of the molecule is Cc1cnc(NC(=O)C2=CC(Oc3ncc(C(=O)N4CCC4)cc3Cl)CC(O[C@H]3CCOC3)=C2)cn1. The van der Waals surface area contributed by atoms with Gasteiger partial charge in [0, 0.05) is 37.7 Å². The van der Waals surface area contributed by atoms with Gasteiger partial charge in [-0.2, -0.15) is 0 Å². The molecule has 0 spiro atoms. The first-order chi connectivity index (χ1) is 17.4. The third-order valence-electron chi connectivity index (χ3n) is 6.04. The second-order valence-electron chi connectivity index (χ2n) is 8.85.